The van der Waals surface area contributed by atoms with E-state index in [1.54, 1.807) is 6.92 Å². The second-order valence-electron chi connectivity index (χ2n) is 4.20. The van der Waals surface area contributed by atoms with Crippen LogP contribution in [0.4, 0.5) is 14.5 Å². The van der Waals surface area contributed by atoms with Gasteiger partial charge in [0, 0.05) is 5.69 Å². The highest BCUT2D eigenvalue weighted by Gasteiger charge is 2.16. The van der Waals surface area contributed by atoms with Crippen LogP contribution < -0.4 is 5.32 Å². The van der Waals surface area contributed by atoms with Crippen LogP contribution in [0.2, 0.25) is 5.02 Å². The molecule has 0 radical (unpaired) electrons. The fraction of sp³-hybridized carbons (Fsp3) is 0.0714. The number of benzene rings is 2. The number of amides is 1. The highest BCUT2D eigenvalue weighted by Crippen LogP contribution is 2.23. The number of aryl methyl sites for hydroxylation is 1. The zero-order valence-corrected chi connectivity index (χ0v) is 11.1. The Labute approximate surface area is 118 Å². The molecular formula is C14H10ClF2NO2. The summed E-state index contributed by atoms with van der Waals surface area (Å²) in [6, 6.07) is 5.76. The third-order valence-electron chi connectivity index (χ3n) is 2.71. The molecule has 0 bridgehead atoms. The van der Waals surface area contributed by atoms with Crippen molar-refractivity contribution < 1.29 is 18.7 Å². The summed E-state index contributed by atoms with van der Waals surface area (Å²) in [5, 5.41) is 11.3. The first-order chi connectivity index (χ1) is 9.38. The van der Waals surface area contributed by atoms with Crippen LogP contribution in [0.25, 0.3) is 0 Å². The van der Waals surface area contributed by atoms with Gasteiger partial charge in [-0.05, 0) is 42.8 Å². The molecular weight excluding hydrogens is 288 g/mol. The number of hydrogen-bond acceptors (Lipinski definition) is 2. The molecule has 104 valence electrons. The van der Waals surface area contributed by atoms with Crippen LogP contribution >= 0.6 is 11.6 Å². The van der Waals surface area contributed by atoms with Crippen LogP contribution in [-0.4, -0.2) is 11.0 Å². The molecule has 2 aromatic rings. The maximum absolute atomic E-state index is 13.6. The Morgan fingerprint density at radius 2 is 1.90 bits per heavy atom. The van der Waals surface area contributed by atoms with Crippen molar-refractivity contribution in [3.05, 3.63) is 58.1 Å². The fourth-order valence-corrected chi connectivity index (χ4v) is 1.82. The summed E-state index contributed by atoms with van der Waals surface area (Å²) in [4.78, 5) is 11.9. The average molecular weight is 298 g/mol. The van der Waals surface area contributed by atoms with Crippen molar-refractivity contribution in [2.45, 2.75) is 6.92 Å². The first-order valence-electron chi connectivity index (χ1n) is 5.64. The van der Waals surface area contributed by atoms with Crippen LogP contribution in [0, 0.1) is 18.6 Å². The largest absolute Gasteiger partial charge is 0.508 e. The fourth-order valence-electron chi connectivity index (χ4n) is 1.67. The van der Waals surface area contributed by atoms with Crippen molar-refractivity contribution in [3.8, 4) is 5.75 Å². The van der Waals surface area contributed by atoms with E-state index >= 15 is 0 Å². The molecule has 0 spiro atoms. The molecule has 2 N–H and O–H groups in total. The lowest BCUT2D eigenvalue weighted by atomic mass is 10.1. The normalized spacial score (nSPS) is 10.4. The summed E-state index contributed by atoms with van der Waals surface area (Å²) in [5.41, 5.74) is 0.537. The molecule has 1 amide bonds. The molecule has 0 saturated carbocycles. The molecule has 0 aromatic heterocycles. The van der Waals surface area contributed by atoms with Gasteiger partial charge in [0.25, 0.3) is 5.91 Å². The van der Waals surface area contributed by atoms with Crippen LogP contribution in [0.5, 0.6) is 5.75 Å². The third kappa shape index (κ3) is 2.88. The molecule has 0 heterocycles. The zero-order chi connectivity index (χ0) is 14.9. The summed E-state index contributed by atoms with van der Waals surface area (Å²) >= 11 is 5.42. The van der Waals surface area contributed by atoms with E-state index < -0.39 is 23.1 Å². The van der Waals surface area contributed by atoms with Crippen molar-refractivity contribution in [2.24, 2.45) is 0 Å². The lowest BCUT2D eigenvalue weighted by Crippen LogP contribution is -2.15. The van der Waals surface area contributed by atoms with Gasteiger partial charge in [-0.3, -0.25) is 4.79 Å². The monoisotopic (exact) mass is 297 g/mol. The Kier molecular flexibility index (Phi) is 3.90. The number of nitrogens with one attached hydrogen (secondary N) is 1. The van der Waals surface area contributed by atoms with E-state index in [0.717, 1.165) is 12.1 Å². The number of halogens is 3. The first-order valence-corrected chi connectivity index (χ1v) is 6.02. The minimum atomic E-state index is -0.912. The van der Waals surface area contributed by atoms with Crippen LogP contribution in [0.3, 0.4) is 0 Å². The second-order valence-corrected chi connectivity index (χ2v) is 4.61. The van der Waals surface area contributed by atoms with Gasteiger partial charge < -0.3 is 10.4 Å². The van der Waals surface area contributed by atoms with Gasteiger partial charge in [-0.1, -0.05) is 11.6 Å². The first kappa shape index (κ1) is 14.3. The van der Waals surface area contributed by atoms with E-state index in [9.17, 15) is 18.7 Å². The predicted octanol–water partition coefficient (Wildman–Crippen LogP) is 3.88. The maximum Gasteiger partial charge on any atom is 0.258 e. The molecule has 2 rings (SSSR count). The molecule has 0 saturated heterocycles. The average Bonchev–Trinajstić information content (AvgIpc) is 2.37. The molecule has 0 fully saturated rings. The SMILES string of the molecule is Cc1cc(O)ccc1NC(=O)c1cc(F)c(Cl)cc1F. The van der Waals surface area contributed by atoms with E-state index in [-0.39, 0.29) is 10.8 Å². The van der Waals surface area contributed by atoms with Crippen molar-refractivity contribution in [2.75, 3.05) is 5.32 Å². The summed E-state index contributed by atoms with van der Waals surface area (Å²) in [7, 11) is 0. The van der Waals surface area contributed by atoms with Crippen molar-refractivity contribution in [1.29, 1.82) is 0 Å². The van der Waals surface area contributed by atoms with Crippen molar-refractivity contribution in [1.82, 2.24) is 0 Å². The Morgan fingerprint density at radius 3 is 2.55 bits per heavy atom. The van der Waals surface area contributed by atoms with Gasteiger partial charge in [-0.2, -0.15) is 0 Å². The quantitative estimate of drug-likeness (QED) is 0.653. The molecule has 20 heavy (non-hydrogen) atoms. The number of carbonyl (C=O) groups excluding carboxylic acids is 1. The van der Waals surface area contributed by atoms with Crippen LogP contribution in [0.15, 0.2) is 30.3 Å². The lowest BCUT2D eigenvalue weighted by molar-refractivity contribution is 0.102. The summed E-state index contributed by atoms with van der Waals surface area (Å²) in [6.07, 6.45) is 0. The van der Waals surface area contributed by atoms with E-state index in [1.165, 1.54) is 18.2 Å². The van der Waals surface area contributed by atoms with E-state index in [4.69, 9.17) is 11.6 Å². The predicted molar refractivity (Wildman–Crippen MR) is 72.2 cm³/mol. The van der Waals surface area contributed by atoms with E-state index in [2.05, 4.69) is 5.32 Å². The highest BCUT2D eigenvalue weighted by atomic mass is 35.5. The lowest BCUT2D eigenvalue weighted by Gasteiger charge is -2.09. The Hall–Kier alpha value is -2.14. The minimum absolute atomic E-state index is 0.0456. The van der Waals surface area contributed by atoms with E-state index in [1.807, 2.05) is 0 Å². The van der Waals surface area contributed by atoms with Gasteiger partial charge in [0.1, 0.15) is 17.4 Å². The molecule has 0 atom stereocenters. The maximum atomic E-state index is 13.6. The van der Waals surface area contributed by atoms with Crippen molar-refractivity contribution in [3.63, 3.8) is 0 Å². The summed E-state index contributed by atoms with van der Waals surface area (Å²) < 4.78 is 26.9. The molecule has 0 aliphatic carbocycles. The topological polar surface area (TPSA) is 49.3 Å². The zero-order valence-electron chi connectivity index (χ0n) is 10.4. The number of phenolic OH excluding ortho intramolecular Hbond substituents is 1. The molecule has 3 nitrogen and oxygen atoms in total. The smallest absolute Gasteiger partial charge is 0.258 e. The summed E-state index contributed by atoms with van der Waals surface area (Å²) in [6.45, 7) is 1.66. The third-order valence-corrected chi connectivity index (χ3v) is 3.00. The second kappa shape index (κ2) is 5.46. The molecule has 0 aliphatic heterocycles. The van der Waals surface area contributed by atoms with Crippen LogP contribution in [-0.2, 0) is 0 Å². The summed E-state index contributed by atoms with van der Waals surface area (Å²) in [5.74, 6) is -2.54. The number of rotatable bonds is 2. The van der Waals surface area contributed by atoms with Crippen LogP contribution in [0.1, 0.15) is 15.9 Å². The molecule has 0 unspecified atom stereocenters. The van der Waals surface area contributed by atoms with Gasteiger partial charge in [0.2, 0.25) is 0 Å². The van der Waals surface area contributed by atoms with E-state index in [0.29, 0.717) is 11.3 Å². The standard InChI is InChI=1S/C14H10ClF2NO2/c1-7-4-8(19)2-3-13(7)18-14(20)9-5-12(17)10(15)6-11(9)16/h2-6,19H,1H3,(H,18,20). The number of anilines is 1. The highest BCUT2D eigenvalue weighted by molar-refractivity contribution is 6.30. The number of carbonyl (C=O) groups is 1. The Balaban J connectivity index is 2.31. The van der Waals surface area contributed by atoms with Gasteiger partial charge >= 0.3 is 0 Å². The molecule has 0 aliphatic rings. The number of hydrogen-bond donors (Lipinski definition) is 2. The Bertz CT molecular complexity index is 689. The Morgan fingerprint density at radius 1 is 1.20 bits per heavy atom. The van der Waals surface area contributed by atoms with Gasteiger partial charge in [-0.25, -0.2) is 8.78 Å². The van der Waals surface area contributed by atoms with Gasteiger partial charge in [-0.15, -0.1) is 0 Å². The molecule has 6 heteroatoms. The number of phenols is 1. The molecule has 2 aromatic carbocycles. The number of aromatic hydroxyl groups is 1. The van der Waals surface area contributed by atoms with Gasteiger partial charge in [0.05, 0.1) is 10.6 Å². The van der Waals surface area contributed by atoms with Crippen molar-refractivity contribution >= 4 is 23.2 Å². The van der Waals surface area contributed by atoms with Gasteiger partial charge in [0.15, 0.2) is 0 Å². The minimum Gasteiger partial charge on any atom is -0.508 e.